The van der Waals surface area contributed by atoms with E-state index in [1.165, 1.54) is 0 Å². The molecule has 0 rings (SSSR count). The van der Waals surface area contributed by atoms with Gasteiger partial charge < -0.3 is 4.74 Å². The Morgan fingerprint density at radius 2 is 2.38 bits per heavy atom. The molecule has 0 bridgehead atoms. The number of ether oxygens (including phenoxy) is 1. The average molecular weight is 199 g/mol. The lowest BCUT2D eigenvalue weighted by atomic mass is 10.5. The number of carbonyl (C=O) groups excluding carboxylic acids is 1. The van der Waals surface area contributed by atoms with Crippen molar-refractivity contribution in [3.8, 4) is 6.07 Å². The highest BCUT2D eigenvalue weighted by Gasteiger charge is 1.94. The van der Waals surface area contributed by atoms with Crippen molar-refractivity contribution in [2.75, 3.05) is 18.1 Å². The summed E-state index contributed by atoms with van der Waals surface area (Å²) in [6.45, 7) is 3.72. The Morgan fingerprint density at radius 1 is 1.62 bits per heavy atom. The van der Waals surface area contributed by atoms with Crippen LogP contribution in [0.5, 0.6) is 0 Å². The number of esters is 1. The Hall–Kier alpha value is -0.950. The number of nitrogens with zero attached hydrogens (tertiary/aromatic N) is 1. The first-order valence-corrected chi connectivity index (χ1v) is 5.20. The van der Waals surface area contributed by atoms with E-state index < -0.39 is 0 Å². The van der Waals surface area contributed by atoms with Gasteiger partial charge in [-0.05, 0) is 12.2 Å². The van der Waals surface area contributed by atoms with Crippen molar-refractivity contribution < 1.29 is 9.53 Å². The van der Waals surface area contributed by atoms with Gasteiger partial charge in [-0.25, -0.2) is 4.79 Å². The summed E-state index contributed by atoms with van der Waals surface area (Å²) in [5, 5.41) is 8.23. The van der Waals surface area contributed by atoms with E-state index in [-0.39, 0.29) is 5.97 Å². The average Bonchev–Trinajstić information content (AvgIpc) is 2.16. The third-order valence-corrected chi connectivity index (χ3v) is 2.27. The minimum Gasteiger partial charge on any atom is -0.463 e. The molecule has 3 nitrogen and oxygen atoms in total. The molecule has 0 N–H and O–H groups in total. The van der Waals surface area contributed by atoms with Crippen molar-refractivity contribution in [2.24, 2.45) is 0 Å². The molecule has 13 heavy (non-hydrogen) atoms. The molecule has 0 saturated carbocycles. The molecule has 0 radical (unpaired) electrons. The third kappa shape index (κ3) is 8.96. The maximum Gasteiger partial charge on any atom is 0.330 e. The topological polar surface area (TPSA) is 50.1 Å². The van der Waals surface area contributed by atoms with E-state index in [2.05, 4.69) is 12.6 Å². The van der Waals surface area contributed by atoms with Crippen LogP contribution in [0.3, 0.4) is 0 Å². The molecule has 0 heterocycles. The van der Waals surface area contributed by atoms with E-state index in [1.54, 1.807) is 11.8 Å². The summed E-state index contributed by atoms with van der Waals surface area (Å²) < 4.78 is 4.76. The lowest BCUT2D eigenvalue weighted by Crippen LogP contribution is -2.02. The summed E-state index contributed by atoms with van der Waals surface area (Å²) in [7, 11) is 0. The van der Waals surface area contributed by atoms with E-state index in [4.69, 9.17) is 10.00 Å². The van der Waals surface area contributed by atoms with E-state index >= 15 is 0 Å². The minimum atomic E-state index is -0.373. The third-order valence-electron chi connectivity index (χ3n) is 1.20. The Morgan fingerprint density at radius 3 is 3.00 bits per heavy atom. The molecule has 0 saturated heterocycles. The highest BCUT2D eigenvalue weighted by atomic mass is 32.2. The monoisotopic (exact) mass is 199 g/mol. The van der Waals surface area contributed by atoms with Crippen molar-refractivity contribution in [1.29, 1.82) is 5.26 Å². The van der Waals surface area contributed by atoms with Crippen molar-refractivity contribution in [3.63, 3.8) is 0 Å². The van der Waals surface area contributed by atoms with Gasteiger partial charge in [0.2, 0.25) is 0 Å². The van der Waals surface area contributed by atoms with Crippen LogP contribution >= 0.6 is 11.8 Å². The summed E-state index contributed by atoms with van der Waals surface area (Å²) in [5.74, 6) is 1.40. The SMILES string of the molecule is C=CC(=O)OCCCSCCC#N. The Labute approximate surface area is 82.8 Å². The number of nitriles is 1. The summed E-state index contributed by atoms with van der Waals surface area (Å²) in [6.07, 6.45) is 2.57. The van der Waals surface area contributed by atoms with Crippen molar-refractivity contribution in [1.82, 2.24) is 0 Å². The summed E-state index contributed by atoms with van der Waals surface area (Å²) in [5.41, 5.74) is 0. The smallest absolute Gasteiger partial charge is 0.330 e. The standard InChI is InChI=1S/C9H13NO2S/c1-2-9(11)12-6-4-8-13-7-3-5-10/h2H,1,3-4,6-8H2. The number of thioether (sulfide) groups is 1. The Balaban J connectivity index is 3.04. The molecule has 0 aromatic rings. The first-order chi connectivity index (χ1) is 6.31. The van der Waals surface area contributed by atoms with Gasteiger partial charge in [0.15, 0.2) is 0 Å². The molecule has 0 spiro atoms. The van der Waals surface area contributed by atoms with Gasteiger partial charge in [0.1, 0.15) is 0 Å². The lowest BCUT2D eigenvalue weighted by molar-refractivity contribution is -0.137. The van der Waals surface area contributed by atoms with Crippen LogP contribution in [0.1, 0.15) is 12.8 Å². The molecule has 0 aromatic heterocycles. The van der Waals surface area contributed by atoms with Gasteiger partial charge in [0.05, 0.1) is 12.7 Å². The Bertz CT molecular complexity index is 198. The fourth-order valence-electron chi connectivity index (χ4n) is 0.613. The second-order valence-electron chi connectivity index (χ2n) is 2.25. The minimum absolute atomic E-state index is 0.373. The predicted molar refractivity (Wildman–Crippen MR) is 53.3 cm³/mol. The van der Waals surface area contributed by atoms with Crippen LogP contribution in [0.2, 0.25) is 0 Å². The molecule has 0 fully saturated rings. The summed E-state index contributed by atoms with van der Waals surface area (Å²) >= 11 is 1.70. The fourth-order valence-corrected chi connectivity index (χ4v) is 1.37. The molecule has 0 unspecified atom stereocenters. The number of hydrogen-bond acceptors (Lipinski definition) is 4. The second-order valence-corrected chi connectivity index (χ2v) is 3.47. The van der Waals surface area contributed by atoms with Gasteiger partial charge in [-0.15, -0.1) is 0 Å². The van der Waals surface area contributed by atoms with Crippen LogP contribution < -0.4 is 0 Å². The van der Waals surface area contributed by atoms with Gasteiger partial charge in [0, 0.05) is 18.2 Å². The van der Waals surface area contributed by atoms with E-state index in [9.17, 15) is 4.79 Å². The molecule has 4 heteroatoms. The molecule has 0 aromatic carbocycles. The van der Waals surface area contributed by atoms with Gasteiger partial charge in [-0.3, -0.25) is 0 Å². The van der Waals surface area contributed by atoms with Gasteiger partial charge in [-0.1, -0.05) is 6.58 Å². The zero-order valence-corrected chi connectivity index (χ0v) is 8.31. The zero-order chi connectivity index (χ0) is 9.94. The number of carbonyl (C=O) groups is 1. The van der Waals surface area contributed by atoms with Gasteiger partial charge >= 0.3 is 5.97 Å². The molecule has 0 aliphatic heterocycles. The quantitative estimate of drug-likeness (QED) is 0.356. The Kier molecular flexibility index (Phi) is 8.47. The molecule has 0 atom stereocenters. The molecule has 0 amide bonds. The van der Waals surface area contributed by atoms with E-state index in [0.717, 1.165) is 24.0 Å². The first-order valence-electron chi connectivity index (χ1n) is 4.05. The molecule has 72 valence electrons. The van der Waals surface area contributed by atoms with Crippen LogP contribution in [0.4, 0.5) is 0 Å². The zero-order valence-electron chi connectivity index (χ0n) is 7.49. The highest BCUT2D eigenvalue weighted by Crippen LogP contribution is 2.03. The van der Waals surface area contributed by atoms with Crippen LogP contribution in [-0.2, 0) is 9.53 Å². The summed E-state index contributed by atoms with van der Waals surface area (Å²) in [4.78, 5) is 10.6. The number of hydrogen-bond donors (Lipinski definition) is 0. The maximum absolute atomic E-state index is 10.6. The van der Waals surface area contributed by atoms with Crippen molar-refractivity contribution in [3.05, 3.63) is 12.7 Å². The van der Waals surface area contributed by atoms with Crippen molar-refractivity contribution in [2.45, 2.75) is 12.8 Å². The molecular weight excluding hydrogens is 186 g/mol. The van der Waals surface area contributed by atoms with Crippen LogP contribution in [-0.4, -0.2) is 24.1 Å². The van der Waals surface area contributed by atoms with E-state index in [0.29, 0.717) is 13.0 Å². The van der Waals surface area contributed by atoms with Crippen molar-refractivity contribution >= 4 is 17.7 Å². The van der Waals surface area contributed by atoms with Gasteiger partial charge in [-0.2, -0.15) is 17.0 Å². The summed E-state index contributed by atoms with van der Waals surface area (Å²) in [6, 6.07) is 2.07. The fraction of sp³-hybridized carbons (Fsp3) is 0.556. The molecular formula is C9H13NO2S. The lowest BCUT2D eigenvalue weighted by Gasteiger charge is -2.00. The van der Waals surface area contributed by atoms with E-state index in [1.807, 2.05) is 0 Å². The van der Waals surface area contributed by atoms with Gasteiger partial charge in [0.25, 0.3) is 0 Å². The van der Waals surface area contributed by atoms with Crippen LogP contribution in [0.25, 0.3) is 0 Å². The predicted octanol–water partition coefficient (Wildman–Crippen LogP) is 1.75. The highest BCUT2D eigenvalue weighted by molar-refractivity contribution is 7.99. The maximum atomic E-state index is 10.6. The van der Waals surface area contributed by atoms with Crippen LogP contribution in [0.15, 0.2) is 12.7 Å². The molecule has 0 aliphatic carbocycles. The first kappa shape index (κ1) is 12.0. The number of rotatable bonds is 7. The second kappa shape index (κ2) is 9.14. The largest absolute Gasteiger partial charge is 0.463 e. The normalized spacial score (nSPS) is 8.85. The molecule has 0 aliphatic rings. The van der Waals surface area contributed by atoms with Crippen LogP contribution in [0, 0.1) is 11.3 Å².